The highest BCUT2D eigenvalue weighted by molar-refractivity contribution is 5.92. The summed E-state index contributed by atoms with van der Waals surface area (Å²) in [5.41, 5.74) is 1.97. The first-order valence-electron chi connectivity index (χ1n) is 8.35. The standard InChI is InChI=1S/C19H17FN4O2/c20-15-8-6-14(7-9-15)18-13-23(10-11-26-18)19(25)17-12-24(22-21-17)16-4-2-1-3-5-16/h1-9,12,18H,10-11,13H2. The Balaban J connectivity index is 1.49. The molecule has 0 N–H and O–H groups in total. The third kappa shape index (κ3) is 3.34. The highest BCUT2D eigenvalue weighted by Crippen LogP contribution is 2.23. The lowest BCUT2D eigenvalue weighted by molar-refractivity contribution is -0.0230. The molecule has 1 aromatic heterocycles. The van der Waals surface area contributed by atoms with E-state index in [4.69, 9.17) is 4.74 Å². The van der Waals surface area contributed by atoms with E-state index in [9.17, 15) is 9.18 Å². The Morgan fingerprint density at radius 1 is 1.12 bits per heavy atom. The fourth-order valence-electron chi connectivity index (χ4n) is 2.94. The Labute approximate surface area is 149 Å². The zero-order valence-electron chi connectivity index (χ0n) is 14.0. The van der Waals surface area contributed by atoms with Gasteiger partial charge in [-0.15, -0.1) is 5.10 Å². The van der Waals surface area contributed by atoms with Gasteiger partial charge in [-0.05, 0) is 29.8 Å². The number of morpholine rings is 1. The van der Waals surface area contributed by atoms with Crippen LogP contribution < -0.4 is 0 Å². The summed E-state index contributed by atoms with van der Waals surface area (Å²) in [7, 11) is 0. The molecule has 6 nitrogen and oxygen atoms in total. The highest BCUT2D eigenvalue weighted by Gasteiger charge is 2.27. The molecule has 26 heavy (non-hydrogen) atoms. The quantitative estimate of drug-likeness (QED) is 0.727. The summed E-state index contributed by atoms with van der Waals surface area (Å²) >= 11 is 0. The van der Waals surface area contributed by atoms with Crippen molar-refractivity contribution in [2.45, 2.75) is 6.10 Å². The van der Waals surface area contributed by atoms with Crippen molar-refractivity contribution in [3.05, 3.63) is 77.9 Å². The van der Waals surface area contributed by atoms with E-state index < -0.39 is 0 Å². The lowest BCUT2D eigenvalue weighted by atomic mass is 10.1. The number of para-hydroxylation sites is 1. The van der Waals surface area contributed by atoms with Gasteiger partial charge in [0, 0.05) is 6.54 Å². The minimum absolute atomic E-state index is 0.192. The Bertz CT molecular complexity index is 895. The number of benzene rings is 2. The fraction of sp³-hybridized carbons (Fsp3) is 0.211. The Kier molecular flexibility index (Phi) is 4.45. The van der Waals surface area contributed by atoms with Crippen molar-refractivity contribution in [2.24, 2.45) is 0 Å². The first kappa shape index (κ1) is 16.4. The molecule has 0 aliphatic carbocycles. The molecule has 1 atom stereocenters. The van der Waals surface area contributed by atoms with Gasteiger partial charge in [0.15, 0.2) is 5.69 Å². The van der Waals surface area contributed by atoms with Crippen LogP contribution >= 0.6 is 0 Å². The maximum absolute atomic E-state index is 13.1. The molecule has 2 aromatic carbocycles. The lowest BCUT2D eigenvalue weighted by Crippen LogP contribution is -2.42. The molecule has 1 aliphatic heterocycles. The summed E-state index contributed by atoms with van der Waals surface area (Å²) in [4.78, 5) is 14.5. The molecule has 1 fully saturated rings. The largest absolute Gasteiger partial charge is 0.370 e. The number of hydrogen-bond donors (Lipinski definition) is 0. The lowest BCUT2D eigenvalue weighted by Gasteiger charge is -2.32. The van der Waals surface area contributed by atoms with Crippen molar-refractivity contribution in [3.8, 4) is 5.69 Å². The monoisotopic (exact) mass is 352 g/mol. The van der Waals surface area contributed by atoms with Crippen LogP contribution in [-0.2, 0) is 4.74 Å². The van der Waals surface area contributed by atoms with E-state index in [0.717, 1.165) is 11.3 Å². The average Bonchev–Trinajstić information content (AvgIpc) is 3.19. The van der Waals surface area contributed by atoms with Gasteiger partial charge in [0.1, 0.15) is 11.9 Å². The molecule has 3 aromatic rings. The first-order chi connectivity index (χ1) is 12.7. The van der Waals surface area contributed by atoms with E-state index in [0.29, 0.717) is 19.7 Å². The second-order valence-corrected chi connectivity index (χ2v) is 6.05. The van der Waals surface area contributed by atoms with E-state index in [1.807, 2.05) is 30.3 Å². The molecule has 1 aliphatic rings. The summed E-state index contributed by atoms with van der Waals surface area (Å²) in [6.07, 6.45) is 1.34. The molecule has 0 spiro atoms. The normalized spacial score (nSPS) is 17.3. The summed E-state index contributed by atoms with van der Waals surface area (Å²) in [6, 6.07) is 15.6. The Morgan fingerprint density at radius 3 is 2.65 bits per heavy atom. The second kappa shape index (κ2) is 7.05. The molecule has 0 saturated carbocycles. The predicted octanol–water partition coefficient (Wildman–Crippen LogP) is 2.62. The number of aromatic nitrogens is 3. The van der Waals surface area contributed by atoms with Crippen LogP contribution in [0.5, 0.6) is 0 Å². The smallest absolute Gasteiger partial charge is 0.276 e. The van der Waals surface area contributed by atoms with Crippen molar-refractivity contribution in [1.29, 1.82) is 0 Å². The minimum Gasteiger partial charge on any atom is -0.370 e. The van der Waals surface area contributed by atoms with E-state index in [1.54, 1.807) is 27.9 Å². The summed E-state index contributed by atoms with van der Waals surface area (Å²) in [6.45, 7) is 1.29. The van der Waals surface area contributed by atoms with Gasteiger partial charge in [-0.3, -0.25) is 4.79 Å². The van der Waals surface area contributed by atoms with Crippen LogP contribution in [0.1, 0.15) is 22.2 Å². The summed E-state index contributed by atoms with van der Waals surface area (Å²) in [5.74, 6) is -0.488. The van der Waals surface area contributed by atoms with Gasteiger partial charge in [0.2, 0.25) is 0 Å². The molecule has 1 unspecified atom stereocenters. The van der Waals surface area contributed by atoms with Crippen LogP contribution in [0.25, 0.3) is 5.69 Å². The van der Waals surface area contributed by atoms with Gasteiger partial charge < -0.3 is 9.64 Å². The fourth-order valence-corrected chi connectivity index (χ4v) is 2.94. The van der Waals surface area contributed by atoms with Crippen molar-refractivity contribution < 1.29 is 13.9 Å². The average molecular weight is 352 g/mol. The Hall–Kier alpha value is -3.06. The van der Waals surface area contributed by atoms with Gasteiger partial charge in [0.05, 0.1) is 25.0 Å². The van der Waals surface area contributed by atoms with Crippen LogP contribution in [0.3, 0.4) is 0 Å². The first-order valence-corrected chi connectivity index (χ1v) is 8.35. The number of ether oxygens (including phenoxy) is 1. The number of carbonyl (C=O) groups excluding carboxylic acids is 1. The highest BCUT2D eigenvalue weighted by atomic mass is 19.1. The molecular formula is C19H17FN4O2. The Morgan fingerprint density at radius 2 is 1.88 bits per heavy atom. The number of amides is 1. The van der Waals surface area contributed by atoms with Crippen molar-refractivity contribution >= 4 is 5.91 Å². The van der Waals surface area contributed by atoms with Crippen molar-refractivity contribution in [1.82, 2.24) is 19.9 Å². The van der Waals surface area contributed by atoms with Crippen molar-refractivity contribution in [2.75, 3.05) is 19.7 Å². The van der Waals surface area contributed by atoms with Gasteiger partial charge in [-0.2, -0.15) is 0 Å². The van der Waals surface area contributed by atoms with Crippen LogP contribution in [0.15, 0.2) is 60.8 Å². The molecule has 1 amide bonds. The van der Waals surface area contributed by atoms with Crippen molar-refractivity contribution in [3.63, 3.8) is 0 Å². The third-order valence-corrected chi connectivity index (χ3v) is 4.33. The molecule has 2 heterocycles. The summed E-state index contributed by atoms with van der Waals surface area (Å²) in [5, 5.41) is 8.04. The number of hydrogen-bond acceptors (Lipinski definition) is 4. The number of nitrogens with zero attached hydrogens (tertiary/aromatic N) is 4. The SMILES string of the molecule is O=C(c1cn(-c2ccccc2)nn1)N1CCOC(c2ccc(F)cc2)C1. The van der Waals surface area contributed by atoms with Crippen LogP contribution in [-0.4, -0.2) is 45.5 Å². The predicted molar refractivity (Wildman–Crippen MR) is 92.4 cm³/mol. The number of carbonyl (C=O) groups is 1. The van der Waals surface area contributed by atoms with Crippen LogP contribution in [0.4, 0.5) is 4.39 Å². The molecule has 7 heteroatoms. The molecule has 0 radical (unpaired) electrons. The third-order valence-electron chi connectivity index (χ3n) is 4.33. The van der Waals surface area contributed by atoms with Crippen LogP contribution in [0, 0.1) is 5.82 Å². The molecule has 1 saturated heterocycles. The summed E-state index contributed by atoms with van der Waals surface area (Å²) < 4.78 is 20.4. The number of halogens is 1. The molecule has 132 valence electrons. The van der Waals surface area contributed by atoms with Crippen LogP contribution in [0.2, 0.25) is 0 Å². The molecule has 4 rings (SSSR count). The topological polar surface area (TPSA) is 60.2 Å². The maximum Gasteiger partial charge on any atom is 0.276 e. The maximum atomic E-state index is 13.1. The zero-order chi connectivity index (χ0) is 17.9. The second-order valence-electron chi connectivity index (χ2n) is 6.05. The van der Waals surface area contributed by atoms with E-state index >= 15 is 0 Å². The molecular weight excluding hydrogens is 335 g/mol. The van der Waals surface area contributed by atoms with Gasteiger partial charge in [-0.25, -0.2) is 9.07 Å². The van der Waals surface area contributed by atoms with Gasteiger partial charge in [0.25, 0.3) is 5.91 Å². The van der Waals surface area contributed by atoms with E-state index in [2.05, 4.69) is 10.3 Å². The van der Waals surface area contributed by atoms with E-state index in [1.165, 1.54) is 12.1 Å². The van der Waals surface area contributed by atoms with E-state index in [-0.39, 0.29) is 23.5 Å². The molecule has 0 bridgehead atoms. The number of rotatable bonds is 3. The minimum atomic E-state index is -0.296. The zero-order valence-corrected chi connectivity index (χ0v) is 14.0. The van der Waals surface area contributed by atoms with Gasteiger partial charge in [-0.1, -0.05) is 35.5 Å². The van der Waals surface area contributed by atoms with Gasteiger partial charge >= 0.3 is 0 Å².